The quantitative estimate of drug-likeness (QED) is 0.845. The maximum absolute atomic E-state index is 12.5. The number of nitrogens with one attached hydrogen (secondary N) is 1. The summed E-state index contributed by atoms with van der Waals surface area (Å²) in [5.74, 6) is 0.574. The molecule has 0 aromatic carbocycles. The van der Waals surface area contributed by atoms with Gasteiger partial charge in [0.15, 0.2) is 0 Å². The Hall–Kier alpha value is -0.610. The van der Waals surface area contributed by atoms with E-state index in [0.717, 1.165) is 71.3 Å². The van der Waals surface area contributed by atoms with Crippen LogP contribution in [0.15, 0.2) is 0 Å². The van der Waals surface area contributed by atoms with Gasteiger partial charge in [0.05, 0.1) is 12.0 Å². The summed E-state index contributed by atoms with van der Waals surface area (Å²) in [6, 6.07) is 0. The average Bonchev–Trinajstić information content (AvgIpc) is 2.71. The molecule has 0 aromatic heterocycles. The number of nitrogens with zero attached hydrogens (tertiary/aromatic N) is 1. The Balaban J connectivity index is 1.79. The van der Waals surface area contributed by atoms with E-state index in [4.69, 9.17) is 4.74 Å². The predicted molar refractivity (Wildman–Crippen MR) is 76.1 cm³/mol. The number of hydrogen-bond acceptors (Lipinski definition) is 3. The van der Waals surface area contributed by atoms with Crippen molar-refractivity contribution in [2.45, 2.75) is 51.6 Å². The van der Waals surface area contributed by atoms with E-state index in [2.05, 4.69) is 17.1 Å². The van der Waals surface area contributed by atoms with Gasteiger partial charge in [-0.1, -0.05) is 6.92 Å². The first-order valence-corrected chi connectivity index (χ1v) is 7.92. The Morgan fingerprint density at radius 2 is 2.16 bits per heavy atom. The van der Waals surface area contributed by atoms with Gasteiger partial charge < -0.3 is 15.0 Å². The summed E-state index contributed by atoms with van der Waals surface area (Å²) >= 11 is 0. The van der Waals surface area contributed by atoms with Crippen LogP contribution >= 0.6 is 0 Å². The molecule has 2 rings (SSSR count). The summed E-state index contributed by atoms with van der Waals surface area (Å²) in [6.45, 7) is 6.72. The van der Waals surface area contributed by atoms with Crippen molar-refractivity contribution in [3.8, 4) is 0 Å². The van der Waals surface area contributed by atoms with Crippen LogP contribution in [0.25, 0.3) is 0 Å². The molecule has 4 heteroatoms. The zero-order valence-corrected chi connectivity index (χ0v) is 12.2. The van der Waals surface area contributed by atoms with Gasteiger partial charge >= 0.3 is 0 Å². The van der Waals surface area contributed by atoms with Gasteiger partial charge in [-0.2, -0.15) is 0 Å². The zero-order chi connectivity index (χ0) is 13.5. The van der Waals surface area contributed by atoms with Crippen molar-refractivity contribution in [3.05, 3.63) is 0 Å². The van der Waals surface area contributed by atoms with Crippen molar-refractivity contribution in [2.24, 2.45) is 5.92 Å². The van der Waals surface area contributed by atoms with Crippen LogP contribution in [0.4, 0.5) is 0 Å². The predicted octanol–water partition coefficient (Wildman–Crippen LogP) is 1.79. The van der Waals surface area contributed by atoms with Crippen molar-refractivity contribution < 1.29 is 9.53 Å². The van der Waals surface area contributed by atoms with Gasteiger partial charge in [0.1, 0.15) is 0 Å². The van der Waals surface area contributed by atoms with Crippen LogP contribution in [0.2, 0.25) is 0 Å². The maximum Gasteiger partial charge on any atom is 0.226 e. The fraction of sp³-hybridized carbons (Fsp3) is 0.933. The van der Waals surface area contributed by atoms with Crippen LogP contribution in [0.1, 0.15) is 45.4 Å². The standard InChI is InChI=1S/C15H28N2O2/c1-2-11-19-14-6-4-9-17(10-7-14)15(18)13-5-3-8-16-12-13/h13-14,16H,2-12H2,1H3. The van der Waals surface area contributed by atoms with Crippen molar-refractivity contribution in [2.75, 3.05) is 32.8 Å². The molecular formula is C15H28N2O2. The smallest absolute Gasteiger partial charge is 0.226 e. The van der Waals surface area contributed by atoms with Gasteiger partial charge in [-0.15, -0.1) is 0 Å². The highest BCUT2D eigenvalue weighted by molar-refractivity contribution is 5.79. The zero-order valence-electron chi connectivity index (χ0n) is 12.2. The van der Waals surface area contributed by atoms with Crippen LogP contribution in [0.3, 0.4) is 0 Å². The topological polar surface area (TPSA) is 41.6 Å². The van der Waals surface area contributed by atoms with E-state index in [9.17, 15) is 4.79 Å². The summed E-state index contributed by atoms with van der Waals surface area (Å²) in [4.78, 5) is 14.5. The molecule has 0 spiro atoms. The van der Waals surface area contributed by atoms with Crippen molar-refractivity contribution in [3.63, 3.8) is 0 Å². The second-order valence-electron chi connectivity index (χ2n) is 5.79. The third-order valence-corrected chi connectivity index (χ3v) is 4.19. The van der Waals surface area contributed by atoms with Crippen LogP contribution in [0, 0.1) is 5.92 Å². The molecule has 0 aliphatic carbocycles. The third kappa shape index (κ3) is 4.46. The van der Waals surface area contributed by atoms with Crippen molar-refractivity contribution in [1.82, 2.24) is 10.2 Å². The van der Waals surface area contributed by atoms with Crippen molar-refractivity contribution in [1.29, 1.82) is 0 Å². The molecule has 0 saturated carbocycles. The minimum Gasteiger partial charge on any atom is -0.378 e. The van der Waals surface area contributed by atoms with Crippen molar-refractivity contribution >= 4 is 5.91 Å². The number of carbonyl (C=O) groups excluding carboxylic acids is 1. The van der Waals surface area contributed by atoms with E-state index < -0.39 is 0 Å². The first-order chi connectivity index (χ1) is 9.31. The highest BCUT2D eigenvalue weighted by Gasteiger charge is 2.27. The molecule has 110 valence electrons. The SMILES string of the molecule is CCCOC1CCCN(C(=O)C2CCCNC2)CC1. The molecule has 19 heavy (non-hydrogen) atoms. The van der Waals surface area contributed by atoms with Gasteiger partial charge in [-0.25, -0.2) is 0 Å². The van der Waals surface area contributed by atoms with E-state index in [-0.39, 0.29) is 5.92 Å². The molecule has 2 atom stereocenters. The fourth-order valence-corrected chi connectivity index (χ4v) is 3.06. The number of likely N-dealkylation sites (tertiary alicyclic amines) is 1. The molecule has 2 saturated heterocycles. The molecule has 1 amide bonds. The number of ether oxygens (including phenoxy) is 1. The number of hydrogen-bond donors (Lipinski definition) is 1. The van der Waals surface area contributed by atoms with Gasteiger partial charge in [0, 0.05) is 26.2 Å². The van der Waals surface area contributed by atoms with Crippen LogP contribution < -0.4 is 5.32 Å². The van der Waals surface area contributed by atoms with E-state index in [1.54, 1.807) is 0 Å². The molecule has 0 aromatic rings. The first kappa shape index (κ1) is 14.8. The minimum absolute atomic E-state index is 0.210. The molecular weight excluding hydrogens is 240 g/mol. The maximum atomic E-state index is 12.5. The van der Waals surface area contributed by atoms with Crippen LogP contribution in [0.5, 0.6) is 0 Å². The molecule has 2 aliphatic rings. The largest absolute Gasteiger partial charge is 0.378 e. The molecule has 1 N–H and O–H groups in total. The summed E-state index contributed by atoms with van der Waals surface area (Å²) < 4.78 is 5.84. The lowest BCUT2D eigenvalue weighted by molar-refractivity contribution is -0.136. The lowest BCUT2D eigenvalue weighted by Gasteiger charge is -2.28. The number of piperidine rings is 1. The summed E-state index contributed by atoms with van der Waals surface area (Å²) in [5.41, 5.74) is 0. The number of rotatable bonds is 4. The molecule has 4 nitrogen and oxygen atoms in total. The monoisotopic (exact) mass is 268 g/mol. The summed E-state index contributed by atoms with van der Waals surface area (Å²) in [5, 5.41) is 3.33. The van der Waals surface area contributed by atoms with Gasteiger partial charge in [-0.3, -0.25) is 4.79 Å². The summed E-state index contributed by atoms with van der Waals surface area (Å²) in [7, 11) is 0. The fourth-order valence-electron chi connectivity index (χ4n) is 3.06. The van der Waals surface area contributed by atoms with E-state index >= 15 is 0 Å². The number of carbonyl (C=O) groups is 1. The second-order valence-corrected chi connectivity index (χ2v) is 5.79. The second kappa shape index (κ2) is 7.85. The Labute approximate surface area is 116 Å². The lowest BCUT2D eigenvalue weighted by atomic mass is 9.98. The van der Waals surface area contributed by atoms with Crippen LogP contribution in [-0.4, -0.2) is 49.7 Å². The van der Waals surface area contributed by atoms with E-state index in [0.29, 0.717) is 12.0 Å². The Kier molecular flexibility index (Phi) is 6.11. The molecule has 0 radical (unpaired) electrons. The average molecular weight is 268 g/mol. The Morgan fingerprint density at radius 1 is 1.26 bits per heavy atom. The van der Waals surface area contributed by atoms with E-state index in [1.807, 2.05) is 0 Å². The highest BCUT2D eigenvalue weighted by atomic mass is 16.5. The van der Waals surface area contributed by atoms with Gasteiger partial charge in [0.2, 0.25) is 5.91 Å². The third-order valence-electron chi connectivity index (χ3n) is 4.19. The number of amides is 1. The van der Waals surface area contributed by atoms with Gasteiger partial charge in [-0.05, 0) is 45.1 Å². The molecule has 2 heterocycles. The lowest BCUT2D eigenvalue weighted by Crippen LogP contribution is -2.43. The molecule has 2 unspecified atom stereocenters. The Bertz CT molecular complexity index is 277. The molecule has 2 fully saturated rings. The van der Waals surface area contributed by atoms with Crippen LogP contribution in [-0.2, 0) is 9.53 Å². The Morgan fingerprint density at radius 3 is 2.89 bits per heavy atom. The van der Waals surface area contributed by atoms with Gasteiger partial charge in [0.25, 0.3) is 0 Å². The molecule has 0 bridgehead atoms. The summed E-state index contributed by atoms with van der Waals surface area (Å²) in [6.07, 6.45) is 6.82. The minimum atomic E-state index is 0.210. The normalized spacial score (nSPS) is 29.0. The highest BCUT2D eigenvalue weighted by Crippen LogP contribution is 2.19. The van der Waals surface area contributed by atoms with E-state index in [1.165, 1.54) is 0 Å². The first-order valence-electron chi connectivity index (χ1n) is 7.92. The molecule has 2 aliphatic heterocycles.